The van der Waals surface area contributed by atoms with Gasteiger partial charge in [0.1, 0.15) is 5.69 Å². The lowest BCUT2D eigenvalue weighted by atomic mass is 10.3. The second-order valence-electron chi connectivity index (χ2n) is 2.64. The fraction of sp³-hybridized carbons (Fsp3) is 0. The fourth-order valence-corrected chi connectivity index (χ4v) is 2.16. The number of hydrogen-bond donors (Lipinski definition) is 0. The highest BCUT2D eigenvalue weighted by molar-refractivity contribution is 9.11. The molecule has 0 radical (unpaired) electrons. The van der Waals surface area contributed by atoms with Gasteiger partial charge in [-0.2, -0.15) is 4.98 Å². The van der Waals surface area contributed by atoms with Crippen molar-refractivity contribution in [3.05, 3.63) is 33.7 Å². The third-order valence-corrected chi connectivity index (χ3v) is 2.67. The summed E-state index contributed by atoms with van der Waals surface area (Å²) in [5.74, 6) is 0.811. The maximum atomic E-state index is 4.90. The van der Waals surface area contributed by atoms with E-state index in [0.29, 0.717) is 17.4 Å². The SMILES string of the molecule is C=Cc1nc(-c2ncc(Br)cc2Br)no1. The van der Waals surface area contributed by atoms with Crippen LogP contribution in [0.25, 0.3) is 17.6 Å². The van der Waals surface area contributed by atoms with E-state index in [-0.39, 0.29) is 0 Å². The van der Waals surface area contributed by atoms with Gasteiger partial charge in [0.2, 0.25) is 11.7 Å². The number of aromatic nitrogens is 3. The van der Waals surface area contributed by atoms with E-state index in [4.69, 9.17) is 4.52 Å². The average Bonchev–Trinajstić information content (AvgIpc) is 2.66. The van der Waals surface area contributed by atoms with E-state index in [9.17, 15) is 0 Å². The molecule has 4 nitrogen and oxygen atoms in total. The van der Waals surface area contributed by atoms with Gasteiger partial charge in [-0.05, 0) is 44.0 Å². The van der Waals surface area contributed by atoms with Crippen LogP contribution in [0.4, 0.5) is 0 Å². The summed E-state index contributed by atoms with van der Waals surface area (Å²) in [4.78, 5) is 8.27. The summed E-state index contributed by atoms with van der Waals surface area (Å²) in [5.41, 5.74) is 0.634. The molecule has 0 aliphatic heterocycles. The van der Waals surface area contributed by atoms with Gasteiger partial charge in [-0.25, -0.2) is 0 Å². The van der Waals surface area contributed by atoms with E-state index in [1.807, 2.05) is 6.07 Å². The summed E-state index contributed by atoms with van der Waals surface area (Å²) in [6.07, 6.45) is 3.16. The fourth-order valence-electron chi connectivity index (χ4n) is 0.993. The van der Waals surface area contributed by atoms with Gasteiger partial charge in [-0.15, -0.1) is 0 Å². The molecule has 0 spiro atoms. The largest absolute Gasteiger partial charge is 0.334 e. The molecule has 0 atom stereocenters. The number of halogens is 2. The highest BCUT2D eigenvalue weighted by atomic mass is 79.9. The Kier molecular flexibility index (Phi) is 2.97. The maximum Gasteiger partial charge on any atom is 0.250 e. The topological polar surface area (TPSA) is 51.8 Å². The molecule has 0 N–H and O–H groups in total. The Labute approximate surface area is 103 Å². The van der Waals surface area contributed by atoms with E-state index in [1.165, 1.54) is 6.08 Å². The molecule has 15 heavy (non-hydrogen) atoms. The molecule has 0 aliphatic rings. The molecule has 2 heterocycles. The van der Waals surface area contributed by atoms with Crippen LogP contribution in [0, 0.1) is 0 Å². The van der Waals surface area contributed by atoms with E-state index in [2.05, 4.69) is 53.6 Å². The van der Waals surface area contributed by atoms with Gasteiger partial charge >= 0.3 is 0 Å². The monoisotopic (exact) mass is 329 g/mol. The van der Waals surface area contributed by atoms with Crippen molar-refractivity contribution in [1.82, 2.24) is 15.1 Å². The Morgan fingerprint density at radius 3 is 2.80 bits per heavy atom. The zero-order valence-electron chi connectivity index (χ0n) is 7.44. The quantitative estimate of drug-likeness (QED) is 0.847. The molecule has 2 aromatic rings. The standard InChI is InChI=1S/C9H5Br2N3O/c1-2-7-13-9(14-15-7)8-6(11)3-5(10)4-12-8/h2-4H,1H2. The first kappa shape index (κ1) is 10.5. The smallest absolute Gasteiger partial charge is 0.250 e. The van der Waals surface area contributed by atoms with Gasteiger partial charge in [0.05, 0.1) is 0 Å². The Morgan fingerprint density at radius 2 is 2.20 bits per heavy atom. The van der Waals surface area contributed by atoms with E-state index >= 15 is 0 Å². The summed E-state index contributed by atoms with van der Waals surface area (Å²) in [7, 11) is 0. The van der Waals surface area contributed by atoms with Crippen molar-refractivity contribution in [3.8, 4) is 11.5 Å². The predicted molar refractivity (Wildman–Crippen MR) is 63.0 cm³/mol. The molecule has 6 heteroatoms. The Bertz CT molecular complexity index is 510. The molecule has 2 aromatic heterocycles. The summed E-state index contributed by atoms with van der Waals surface area (Å²) in [5, 5.41) is 3.78. The van der Waals surface area contributed by atoms with Crippen molar-refractivity contribution in [2.24, 2.45) is 0 Å². The molecule has 0 saturated carbocycles. The molecule has 76 valence electrons. The molecule has 0 aliphatic carbocycles. The van der Waals surface area contributed by atoms with Crippen molar-refractivity contribution in [1.29, 1.82) is 0 Å². The van der Waals surface area contributed by atoms with Crippen LogP contribution in [0.2, 0.25) is 0 Å². The third-order valence-electron chi connectivity index (χ3n) is 1.64. The minimum Gasteiger partial charge on any atom is -0.334 e. The first-order valence-corrected chi connectivity index (χ1v) is 5.57. The lowest BCUT2D eigenvalue weighted by Crippen LogP contribution is -1.87. The Morgan fingerprint density at radius 1 is 1.40 bits per heavy atom. The molecule has 0 amide bonds. The maximum absolute atomic E-state index is 4.90. The van der Waals surface area contributed by atoms with E-state index in [0.717, 1.165) is 8.95 Å². The van der Waals surface area contributed by atoms with Crippen molar-refractivity contribution in [2.45, 2.75) is 0 Å². The normalized spacial score (nSPS) is 10.3. The number of rotatable bonds is 2. The van der Waals surface area contributed by atoms with Crippen LogP contribution >= 0.6 is 31.9 Å². The molecular formula is C9H5Br2N3O. The number of hydrogen-bond acceptors (Lipinski definition) is 4. The van der Waals surface area contributed by atoms with Gasteiger partial charge in [-0.3, -0.25) is 4.98 Å². The molecule has 0 unspecified atom stereocenters. The molecule has 2 rings (SSSR count). The van der Waals surface area contributed by atoms with Crippen LogP contribution in [0.15, 0.2) is 32.3 Å². The lowest BCUT2D eigenvalue weighted by Gasteiger charge is -1.97. The lowest BCUT2D eigenvalue weighted by molar-refractivity contribution is 0.411. The molecule has 0 aromatic carbocycles. The van der Waals surface area contributed by atoms with Crippen molar-refractivity contribution in [2.75, 3.05) is 0 Å². The van der Waals surface area contributed by atoms with Crippen molar-refractivity contribution >= 4 is 37.9 Å². The average molecular weight is 331 g/mol. The molecule has 0 saturated heterocycles. The van der Waals surface area contributed by atoms with Gasteiger partial charge in [0.25, 0.3) is 0 Å². The molecule has 0 bridgehead atoms. The van der Waals surface area contributed by atoms with Gasteiger partial charge in [-0.1, -0.05) is 11.7 Å². The first-order chi connectivity index (χ1) is 7.20. The van der Waals surface area contributed by atoms with Crippen LogP contribution < -0.4 is 0 Å². The number of nitrogens with zero attached hydrogens (tertiary/aromatic N) is 3. The third kappa shape index (κ3) is 2.15. The highest BCUT2D eigenvalue weighted by Crippen LogP contribution is 2.26. The Balaban J connectivity index is 2.49. The highest BCUT2D eigenvalue weighted by Gasteiger charge is 2.11. The van der Waals surface area contributed by atoms with Crippen LogP contribution in [-0.4, -0.2) is 15.1 Å². The zero-order chi connectivity index (χ0) is 10.8. The van der Waals surface area contributed by atoms with Crippen molar-refractivity contribution < 1.29 is 4.52 Å². The minimum absolute atomic E-state index is 0.376. The summed E-state index contributed by atoms with van der Waals surface area (Å²) in [6, 6.07) is 1.87. The first-order valence-electron chi connectivity index (χ1n) is 3.98. The van der Waals surface area contributed by atoms with Crippen LogP contribution in [-0.2, 0) is 0 Å². The zero-order valence-corrected chi connectivity index (χ0v) is 10.6. The second kappa shape index (κ2) is 4.24. The number of pyridine rings is 1. The van der Waals surface area contributed by atoms with Gasteiger partial charge in [0.15, 0.2) is 0 Å². The van der Waals surface area contributed by atoms with Crippen LogP contribution in [0.3, 0.4) is 0 Å². The summed E-state index contributed by atoms with van der Waals surface area (Å²) >= 11 is 6.69. The van der Waals surface area contributed by atoms with E-state index in [1.54, 1.807) is 6.20 Å². The van der Waals surface area contributed by atoms with Gasteiger partial charge < -0.3 is 4.52 Å². The minimum atomic E-state index is 0.376. The summed E-state index contributed by atoms with van der Waals surface area (Å²) in [6.45, 7) is 3.54. The van der Waals surface area contributed by atoms with Crippen molar-refractivity contribution in [3.63, 3.8) is 0 Å². The molecule has 0 fully saturated rings. The van der Waals surface area contributed by atoms with Crippen LogP contribution in [0.1, 0.15) is 5.89 Å². The predicted octanol–water partition coefficient (Wildman–Crippen LogP) is 3.30. The Hall–Kier alpha value is -1.01. The van der Waals surface area contributed by atoms with E-state index < -0.39 is 0 Å². The van der Waals surface area contributed by atoms with Gasteiger partial charge in [0, 0.05) is 15.1 Å². The molecular weight excluding hydrogens is 326 g/mol. The second-order valence-corrected chi connectivity index (χ2v) is 4.41. The van der Waals surface area contributed by atoms with Crippen LogP contribution in [0.5, 0.6) is 0 Å². The summed E-state index contributed by atoms with van der Waals surface area (Å²) < 4.78 is 6.58.